The minimum atomic E-state index is 0.0788. The van der Waals surface area contributed by atoms with Crippen LogP contribution in [0.25, 0.3) is 0 Å². The molecule has 0 N–H and O–H groups in total. The normalized spacial score (nSPS) is 10.6. The van der Waals surface area contributed by atoms with E-state index in [1.165, 1.54) is 0 Å². The summed E-state index contributed by atoms with van der Waals surface area (Å²) in [5.74, 6) is 0.0788. The maximum Gasteiger partial charge on any atom is 0.195 e. The molecule has 0 bridgehead atoms. The average Bonchev–Trinajstić information content (AvgIpc) is 2.60. The highest BCUT2D eigenvalue weighted by molar-refractivity contribution is 14.1. The van der Waals surface area contributed by atoms with Gasteiger partial charge < -0.3 is 0 Å². The van der Waals surface area contributed by atoms with Crippen molar-refractivity contribution in [3.05, 3.63) is 52.1 Å². The number of ketones is 1. The largest absolute Gasteiger partial charge is 0.289 e. The molecule has 2 aromatic rings. The Morgan fingerprint density at radius 2 is 1.94 bits per heavy atom. The first-order valence-electron chi connectivity index (χ1n) is 4.74. The van der Waals surface area contributed by atoms with Gasteiger partial charge in [-0.3, -0.25) is 4.79 Å². The molecule has 0 saturated carbocycles. The molecule has 5 heteroatoms. The van der Waals surface area contributed by atoms with Crippen LogP contribution in [-0.2, 0) is 0 Å². The summed E-state index contributed by atoms with van der Waals surface area (Å²) in [4.78, 5) is 13.5. The van der Waals surface area contributed by atoms with E-state index in [0.29, 0.717) is 0 Å². The van der Waals surface area contributed by atoms with E-state index in [9.17, 15) is 4.79 Å². The predicted molar refractivity (Wildman–Crippen MR) is 87.0 cm³/mol. The fourth-order valence-corrected chi connectivity index (χ4v) is 4.12. The Kier molecular flexibility index (Phi) is 4.44. The van der Waals surface area contributed by atoms with Crippen LogP contribution < -0.4 is 0 Å². The van der Waals surface area contributed by atoms with Crippen LogP contribution in [0, 0.1) is 10.5 Å². The molecule has 1 aromatic carbocycles. The van der Waals surface area contributed by atoms with Crippen molar-refractivity contribution in [2.75, 3.05) is 0 Å². The second kappa shape index (κ2) is 5.50. The summed E-state index contributed by atoms with van der Waals surface area (Å²) < 4.78 is 2.88. The van der Waals surface area contributed by atoms with Crippen LogP contribution >= 0.6 is 65.8 Å². The number of benzene rings is 1. The van der Waals surface area contributed by atoms with Gasteiger partial charge in [0.15, 0.2) is 5.78 Å². The van der Waals surface area contributed by atoms with Gasteiger partial charge in [0.25, 0.3) is 0 Å². The van der Waals surface area contributed by atoms with Crippen molar-refractivity contribution < 1.29 is 4.79 Å². The first-order chi connectivity index (χ1) is 7.99. The fourth-order valence-electron chi connectivity index (χ4n) is 1.49. The van der Waals surface area contributed by atoms with Crippen LogP contribution in [0.4, 0.5) is 0 Å². The molecule has 17 heavy (non-hydrogen) atoms. The average molecular weight is 486 g/mol. The van der Waals surface area contributed by atoms with Gasteiger partial charge in [-0.05, 0) is 69.7 Å². The van der Waals surface area contributed by atoms with E-state index < -0.39 is 0 Å². The van der Waals surface area contributed by atoms with Gasteiger partial charge in [0.2, 0.25) is 0 Å². The van der Waals surface area contributed by atoms with Crippen molar-refractivity contribution in [1.29, 1.82) is 0 Å². The van der Waals surface area contributed by atoms with E-state index in [1.54, 1.807) is 11.3 Å². The van der Waals surface area contributed by atoms with Gasteiger partial charge in [0.05, 0.1) is 3.79 Å². The van der Waals surface area contributed by atoms with Crippen molar-refractivity contribution >= 4 is 71.6 Å². The Bertz CT molecular complexity index is 592. The maximum absolute atomic E-state index is 12.4. The lowest BCUT2D eigenvalue weighted by Gasteiger charge is -2.04. The van der Waals surface area contributed by atoms with E-state index in [2.05, 4.69) is 54.5 Å². The number of hydrogen-bond acceptors (Lipinski definition) is 2. The van der Waals surface area contributed by atoms with Gasteiger partial charge >= 0.3 is 0 Å². The molecule has 1 nitrogen and oxygen atoms in total. The highest BCUT2D eigenvalue weighted by Crippen LogP contribution is 2.29. The van der Waals surface area contributed by atoms with Crippen LogP contribution in [0.1, 0.15) is 20.8 Å². The van der Waals surface area contributed by atoms with Crippen molar-refractivity contribution in [2.45, 2.75) is 6.92 Å². The number of rotatable bonds is 2. The number of hydrogen-bond donors (Lipinski definition) is 0. The lowest BCUT2D eigenvalue weighted by Crippen LogP contribution is -2.03. The minimum absolute atomic E-state index is 0.0788. The zero-order valence-electron chi connectivity index (χ0n) is 8.76. The zero-order valence-corrected chi connectivity index (χ0v) is 14.9. The van der Waals surface area contributed by atoms with Crippen LogP contribution in [-0.4, -0.2) is 5.78 Å². The number of carbonyl (C=O) groups excluding carboxylic acids is 1. The molecule has 1 aromatic heterocycles. The van der Waals surface area contributed by atoms with Gasteiger partial charge in [-0.1, -0.05) is 15.9 Å². The summed E-state index contributed by atoms with van der Waals surface area (Å²) in [7, 11) is 0. The fraction of sp³-hybridized carbons (Fsp3) is 0.0833. The summed E-state index contributed by atoms with van der Waals surface area (Å²) >= 11 is 10.6. The van der Waals surface area contributed by atoms with E-state index in [0.717, 1.165) is 27.8 Å². The van der Waals surface area contributed by atoms with Gasteiger partial charge in [0, 0.05) is 24.0 Å². The second-order valence-electron chi connectivity index (χ2n) is 3.47. The lowest BCUT2D eigenvalue weighted by atomic mass is 10.0. The number of halogens is 3. The molecule has 0 saturated heterocycles. The smallest absolute Gasteiger partial charge is 0.195 e. The molecule has 0 aliphatic heterocycles. The SMILES string of the molecule is Cc1sc(Br)cc1C(=O)c1cc(Br)ccc1I. The molecular formula is C12H7Br2IOS. The van der Waals surface area contributed by atoms with Crippen molar-refractivity contribution in [3.63, 3.8) is 0 Å². The van der Waals surface area contributed by atoms with E-state index in [4.69, 9.17) is 0 Å². The third-order valence-electron chi connectivity index (χ3n) is 2.31. The molecule has 0 spiro atoms. The van der Waals surface area contributed by atoms with Gasteiger partial charge in [0.1, 0.15) is 0 Å². The van der Waals surface area contributed by atoms with E-state index in [-0.39, 0.29) is 5.78 Å². The third-order valence-corrected chi connectivity index (χ3v) is 5.29. The predicted octanol–water partition coefficient (Wildman–Crippen LogP) is 5.42. The van der Waals surface area contributed by atoms with Crippen LogP contribution in [0.15, 0.2) is 32.5 Å². The molecule has 0 atom stereocenters. The number of thiophene rings is 1. The Morgan fingerprint density at radius 3 is 2.53 bits per heavy atom. The van der Waals surface area contributed by atoms with Crippen molar-refractivity contribution in [3.8, 4) is 0 Å². The summed E-state index contributed by atoms with van der Waals surface area (Å²) in [5.41, 5.74) is 1.52. The second-order valence-corrected chi connectivity index (χ2v) is 8.19. The van der Waals surface area contributed by atoms with E-state index >= 15 is 0 Å². The quantitative estimate of drug-likeness (QED) is 0.410. The summed E-state index contributed by atoms with van der Waals surface area (Å²) in [6.07, 6.45) is 0. The van der Waals surface area contributed by atoms with Gasteiger partial charge in [-0.25, -0.2) is 0 Å². The molecule has 0 amide bonds. The molecule has 1 heterocycles. The maximum atomic E-state index is 12.4. The summed E-state index contributed by atoms with van der Waals surface area (Å²) in [5, 5.41) is 0. The van der Waals surface area contributed by atoms with Gasteiger partial charge in [-0.15, -0.1) is 11.3 Å². The molecule has 2 rings (SSSR count). The lowest BCUT2D eigenvalue weighted by molar-refractivity contribution is 0.103. The first-order valence-corrected chi connectivity index (χ1v) is 8.23. The molecule has 0 unspecified atom stereocenters. The minimum Gasteiger partial charge on any atom is -0.289 e. The van der Waals surface area contributed by atoms with E-state index in [1.807, 2.05) is 31.2 Å². The molecule has 0 fully saturated rings. The summed E-state index contributed by atoms with van der Waals surface area (Å²) in [6, 6.07) is 7.64. The Balaban J connectivity index is 2.50. The highest BCUT2D eigenvalue weighted by atomic mass is 127. The monoisotopic (exact) mass is 484 g/mol. The van der Waals surface area contributed by atoms with Crippen LogP contribution in [0.3, 0.4) is 0 Å². The number of carbonyl (C=O) groups is 1. The Morgan fingerprint density at radius 1 is 1.24 bits per heavy atom. The molecule has 0 radical (unpaired) electrons. The molecule has 88 valence electrons. The highest BCUT2D eigenvalue weighted by Gasteiger charge is 2.17. The zero-order chi connectivity index (χ0) is 12.6. The molecule has 0 aliphatic rings. The van der Waals surface area contributed by atoms with Gasteiger partial charge in [-0.2, -0.15) is 0 Å². The molecular weight excluding hydrogens is 479 g/mol. The molecule has 0 aliphatic carbocycles. The topological polar surface area (TPSA) is 17.1 Å². The van der Waals surface area contributed by atoms with Crippen molar-refractivity contribution in [1.82, 2.24) is 0 Å². The number of aryl methyl sites for hydroxylation is 1. The van der Waals surface area contributed by atoms with Crippen LogP contribution in [0.2, 0.25) is 0 Å². The van der Waals surface area contributed by atoms with Crippen LogP contribution in [0.5, 0.6) is 0 Å². The Labute approximate surface area is 134 Å². The summed E-state index contributed by atoms with van der Waals surface area (Å²) in [6.45, 7) is 1.97. The first kappa shape index (κ1) is 13.7. The Hall–Kier alpha value is 0.280. The van der Waals surface area contributed by atoms with Crippen molar-refractivity contribution in [2.24, 2.45) is 0 Å². The standard InChI is InChI=1S/C12H7Br2IOS/c1-6-8(5-11(14)17-6)12(16)9-4-7(13)2-3-10(9)15/h2-5H,1H3. The third kappa shape index (κ3) is 3.00.